The molecule has 0 spiro atoms. The van der Waals surface area contributed by atoms with E-state index >= 15 is 0 Å². The lowest BCUT2D eigenvalue weighted by atomic mass is 10.2. The van der Waals surface area contributed by atoms with E-state index in [1.165, 1.54) is 14.2 Å². The summed E-state index contributed by atoms with van der Waals surface area (Å²) < 4.78 is 12.0. The first-order chi connectivity index (χ1) is 8.65. The van der Waals surface area contributed by atoms with E-state index in [4.69, 9.17) is 9.47 Å². The Morgan fingerprint density at radius 2 is 1.89 bits per heavy atom. The summed E-state index contributed by atoms with van der Waals surface area (Å²) in [5, 5.41) is 14.4. The van der Waals surface area contributed by atoms with Crippen LogP contribution in [0.1, 0.15) is 38.4 Å². The highest BCUT2D eigenvalue weighted by molar-refractivity contribution is 5.01. The van der Waals surface area contributed by atoms with Crippen molar-refractivity contribution in [2.45, 2.75) is 51.5 Å². The summed E-state index contributed by atoms with van der Waals surface area (Å²) in [5.41, 5.74) is 0.855. The zero-order valence-electron chi connectivity index (χ0n) is 11.7. The summed E-state index contributed by atoms with van der Waals surface area (Å²) in [6.07, 6.45) is 3.19. The van der Waals surface area contributed by atoms with Gasteiger partial charge in [0.1, 0.15) is 6.10 Å². The number of methoxy groups -OCH3 is 2. The predicted molar refractivity (Wildman–Crippen MR) is 69.4 cm³/mol. The first kappa shape index (κ1) is 15.1. The molecule has 0 saturated carbocycles. The van der Waals surface area contributed by atoms with Crippen molar-refractivity contribution in [2.24, 2.45) is 0 Å². The molecule has 0 fully saturated rings. The van der Waals surface area contributed by atoms with Gasteiger partial charge in [-0.3, -0.25) is 4.68 Å². The molecule has 0 radical (unpaired) electrons. The van der Waals surface area contributed by atoms with Crippen molar-refractivity contribution in [3.05, 3.63) is 18.0 Å². The second-order valence-corrected chi connectivity index (χ2v) is 4.37. The van der Waals surface area contributed by atoms with E-state index in [1.807, 2.05) is 16.9 Å². The molecule has 5 nitrogen and oxygen atoms in total. The van der Waals surface area contributed by atoms with Gasteiger partial charge in [-0.2, -0.15) is 5.10 Å². The molecule has 0 aliphatic carbocycles. The smallest absolute Gasteiger partial charge is 0.183 e. The number of hydrogen-bond donors (Lipinski definition) is 1. The lowest BCUT2D eigenvalue weighted by Gasteiger charge is -2.19. The second-order valence-electron chi connectivity index (χ2n) is 4.37. The molecule has 0 amide bonds. The molecule has 1 aromatic rings. The molecular formula is C13H24N2O3. The van der Waals surface area contributed by atoms with E-state index < -0.39 is 12.4 Å². The lowest BCUT2D eigenvalue weighted by molar-refractivity contribution is -0.163. The van der Waals surface area contributed by atoms with Crippen molar-refractivity contribution >= 4 is 0 Å². The standard InChI is InChI=1S/C13H24N2O3/c1-5-11(6-2)15-8-7-10(14-15)9-12(16)13(17-3)18-4/h7-8,11-13,16H,5-6,9H2,1-4H3. The van der Waals surface area contributed by atoms with Crippen LogP contribution in [-0.4, -0.2) is 41.5 Å². The van der Waals surface area contributed by atoms with Gasteiger partial charge in [0.2, 0.25) is 0 Å². The van der Waals surface area contributed by atoms with Gasteiger partial charge in [-0.15, -0.1) is 0 Å². The minimum Gasteiger partial charge on any atom is -0.387 e. The summed E-state index contributed by atoms with van der Waals surface area (Å²) in [6, 6.07) is 2.36. The summed E-state index contributed by atoms with van der Waals surface area (Å²) in [4.78, 5) is 0. The molecule has 1 aromatic heterocycles. The lowest BCUT2D eigenvalue weighted by Crippen LogP contribution is -2.31. The fourth-order valence-corrected chi connectivity index (χ4v) is 2.07. The Morgan fingerprint density at radius 1 is 1.28 bits per heavy atom. The summed E-state index contributed by atoms with van der Waals surface area (Å²) >= 11 is 0. The van der Waals surface area contributed by atoms with E-state index in [-0.39, 0.29) is 0 Å². The number of aliphatic hydroxyl groups is 1. The van der Waals surface area contributed by atoms with Gasteiger partial charge in [-0.05, 0) is 18.9 Å². The van der Waals surface area contributed by atoms with Gasteiger partial charge in [0.25, 0.3) is 0 Å². The SMILES string of the molecule is CCC(CC)n1ccc(CC(O)C(OC)OC)n1. The van der Waals surface area contributed by atoms with E-state index in [0.717, 1.165) is 18.5 Å². The molecule has 1 rings (SSSR count). The van der Waals surface area contributed by atoms with Crippen LogP contribution in [0, 0.1) is 0 Å². The maximum Gasteiger partial charge on any atom is 0.183 e. The Balaban J connectivity index is 2.63. The molecular weight excluding hydrogens is 232 g/mol. The number of aromatic nitrogens is 2. The zero-order valence-corrected chi connectivity index (χ0v) is 11.7. The second kappa shape index (κ2) is 7.51. The third-order valence-corrected chi connectivity index (χ3v) is 3.18. The minimum atomic E-state index is -0.704. The molecule has 0 saturated heterocycles. The zero-order chi connectivity index (χ0) is 13.5. The van der Waals surface area contributed by atoms with Crippen molar-refractivity contribution in [3.8, 4) is 0 Å². The van der Waals surface area contributed by atoms with Crippen LogP contribution < -0.4 is 0 Å². The molecule has 1 atom stereocenters. The normalized spacial score (nSPS) is 13.5. The average Bonchev–Trinajstić information content (AvgIpc) is 2.81. The number of ether oxygens (including phenoxy) is 2. The van der Waals surface area contributed by atoms with Crippen molar-refractivity contribution in [1.29, 1.82) is 0 Å². The fraction of sp³-hybridized carbons (Fsp3) is 0.769. The third kappa shape index (κ3) is 3.80. The highest BCUT2D eigenvalue weighted by Gasteiger charge is 2.19. The van der Waals surface area contributed by atoms with Crippen LogP contribution in [0.15, 0.2) is 12.3 Å². The summed E-state index contributed by atoms with van der Waals surface area (Å²) in [7, 11) is 3.03. The molecule has 0 bridgehead atoms. The molecule has 5 heteroatoms. The first-order valence-electron chi connectivity index (χ1n) is 6.43. The van der Waals surface area contributed by atoms with E-state index in [1.54, 1.807) is 0 Å². The van der Waals surface area contributed by atoms with Crippen molar-refractivity contribution in [1.82, 2.24) is 9.78 Å². The Morgan fingerprint density at radius 3 is 2.39 bits per heavy atom. The average molecular weight is 256 g/mol. The summed E-state index contributed by atoms with van der Waals surface area (Å²) in [5.74, 6) is 0. The van der Waals surface area contributed by atoms with E-state index in [2.05, 4.69) is 18.9 Å². The molecule has 0 aliphatic heterocycles. The van der Waals surface area contributed by atoms with Crippen LogP contribution in [0.5, 0.6) is 0 Å². The van der Waals surface area contributed by atoms with Gasteiger partial charge in [0, 0.05) is 26.8 Å². The monoisotopic (exact) mass is 256 g/mol. The van der Waals surface area contributed by atoms with Crippen LogP contribution in [-0.2, 0) is 15.9 Å². The Hall–Kier alpha value is -0.910. The Labute approximate surface area is 109 Å². The highest BCUT2D eigenvalue weighted by atomic mass is 16.7. The largest absolute Gasteiger partial charge is 0.387 e. The number of hydrogen-bond acceptors (Lipinski definition) is 4. The highest BCUT2D eigenvalue weighted by Crippen LogP contribution is 2.15. The molecule has 1 heterocycles. The number of aliphatic hydroxyl groups excluding tert-OH is 1. The van der Waals surface area contributed by atoms with Crippen molar-refractivity contribution in [3.63, 3.8) is 0 Å². The molecule has 0 aliphatic rings. The molecule has 18 heavy (non-hydrogen) atoms. The Kier molecular flexibility index (Phi) is 6.32. The fourth-order valence-electron chi connectivity index (χ4n) is 2.07. The van der Waals surface area contributed by atoms with Crippen molar-refractivity contribution < 1.29 is 14.6 Å². The van der Waals surface area contributed by atoms with Crippen LogP contribution in [0.2, 0.25) is 0 Å². The summed E-state index contributed by atoms with van der Waals surface area (Å²) in [6.45, 7) is 4.30. The van der Waals surface area contributed by atoms with Gasteiger partial charge in [0.15, 0.2) is 6.29 Å². The maximum absolute atomic E-state index is 9.93. The van der Waals surface area contributed by atoms with Gasteiger partial charge in [0.05, 0.1) is 11.7 Å². The van der Waals surface area contributed by atoms with Crippen LogP contribution in [0.25, 0.3) is 0 Å². The predicted octanol–water partition coefficient (Wildman–Crippen LogP) is 1.77. The van der Waals surface area contributed by atoms with Gasteiger partial charge in [-0.25, -0.2) is 0 Å². The van der Waals surface area contributed by atoms with E-state index in [0.29, 0.717) is 12.5 Å². The van der Waals surface area contributed by atoms with Crippen LogP contribution in [0.3, 0.4) is 0 Å². The quantitative estimate of drug-likeness (QED) is 0.720. The maximum atomic E-state index is 9.93. The number of nitrogens with zero attached hydrogens (tertiary/aromatic N) is 2. The third-order valence-electron chi connectivity index (χ3n) is 3.18. The van der Waals surface area contributed by atoms with Crippen molar-refractivity contribution in [2.75, 3.05) is 14.2 Å². The van der Waals surface area contributed by atoms with Crippen LogP contribution >= 0.6 is 0 Å². The number of rotatable bonds is 8. The molecule has 104 valence electrons. The minimum absolute atomic E-state index is 0.427. The molecule has 0 aromatic carbocycles. The Bertz CT molecular complexity index is 333. The molecule has 1 unspecified atom stereocenters. The first-order valence-corrected chi connectivity index (χ1v) is 6.43. The van der Waals surface area contributed by atoms with Gasteiger partial charge < -0.3 is 14.6 Å². The van der Waals surface area contributed by atoms with Crippen LogP contribution in [0.4, 0.5) is 0 Å². The van der Waals surface area contributed by atoms with E-state index in [9.17, 15) is 5.11 Å². The molecule has 1 N–H and O–H groups in total. The van der Waals surface area contributed by atoms with Gasteiger partial charge >= 0.3 is 0 Å². The van der Waals surface area contributed by atoms with Gasteiger partial charge in [-0.1, -0.05) is 13.8 Å². The topological polar surface area (TPSA) is 56.5 Å².